The Labute approximate surface area is 174 Å². The summed E-state index contributed by atoms with van der Waals surface area (Å²) in [5.74, 6) is -1.79. The molecule has 0 saturated carbocycles. The molecule has 2 heterocycles. The van der Waals surface area contributed by atoms with Gasteiger partial charge in [0.05, 0.1) is 11.5 Å². The van der Waals surface area contributed by atoms with Gasteiger partial charge in [0, 0.05) is 23.3 Å². The molecule has 0 fully saturated rings. The fraction of sp³-hybridized carbons (Fsp3) is 0.0455. The Balaban J connectivity index is 1.76. The molecule has 4 rings (SSSR count). The van der Waals surface area contributed by atoms with Gasteiger partial charge in [-0.2, -0.15) is 4.39 Å². The number of amides is 1. The molecule has 1 N–H and O–H groups in total. The minimum absolute atomic E-state index is 0.00149. The van der Waals surface area contributed by atoms with Crippen LogP contribution in [0.15, 0.2) is 77.7 Å². The molecule has 2 aromatic heterocycles. The van der Waals surface area contributed by atoms with Crippen LogP contribution in [0.1, 0.15) is 15.9 Å². The molecular formula is C22H15FN4O4. The number of anilines is 1. The van der Waals surface area contributed by atoms with Crippen molar-refractivity contribution in [3.05, 3.63) is 110 Å². The van der Waals surface area contributed by atoms with Gasteiger partial charge in [0.15, 0.2) is 0 Å². The van der Waals surface area contributed by atoms with Crippen LogP contribution in [0.4, 0.5) is 15.8 Å². The van der Waals surface area contributed by atoms with Crippen molar-refractivity contribution in [3.8, 4) is 0 Å². The molecule has 0 atom stereocenters. The number of hydrogen-bond acceptors (Lipinski definition) is 5. The highest BCUT2D eigenvalue weighted by Crippen LogP contribution is 2.22. The summed E-state index contributed by atoms with van der Waals surface area (Å²) in [4.78, 5) is 40.3. The van der Waals surface area contributed by atoms with Crippen LogP contribution in [0.2, 0.25) is 0 Å². The van der Waals surface area contributed by atoms with E-state index < -0.39 is 27.9 Å². The summed E-state index contributed by atoms with van der Waals surface area (Å²) >= 11 is 0. The van der Waals surface area contributed by atoms with Gasteiger partial charge in [0.25, 0.3) is 11.5 Å². The monoisotopic (exact) mass is 418 g/mol. The van der Waals surface area contributed by atoms with E-state index in [0.717, 1.165) is 17.7 Å². The zero-order valence-electron chi connectivity index (χ0n) is 16.0. The van der Waals surface area contributed by atoms with Crippen LogP contribution in [0.5, 0.6) is 0 Å². The molecule has 0 unspecified atom stereocenters. The maximum Gasteiger partial charge on any atom is 0.306 e. The SMILES string of the molecule is O=C(Nc1ccc(F)c([N+](=O)[O-])c1)c1cc2cccnc2n(Cc2ccccc2)c1=O. The number of nitro benzene ring substituents is 1. The number of carbonyl (C=O) groups excluding carboxylic acids is 1. The van der Waals surface area contributed by atoms with E-state index in [9.17, 15) is 24.1 Å². The van der Waals surface area contributed by atoms with Crippen molar-refractivity contribution in [2.24, 2.45) is 0 Å². The van der Waals surface area contributed by atoms with Gasteiger partial charge in [0.2, 0.25) is 5.82 Å². The minimum atomic E-state index is -1.02. The lowest BCUT2D eigenvalue weighted by molar-refractivity contribution is -0.387. The first-order valence-electron chi connectivity index (χ1n) is 9.22. The number of carbonyl (C=O) groups is 1. The zero-order chi connectivity index (χ0) is 22.0. The number of hydrogen-bond donors (Lipinski definition) is 1. The molecule has 0 aliphatic carbocycles. The molecule has 1 amide bonds. The summed E-state index contributed by atoms with van der Waals surface area (Å²) in [7, 11) is 0. The van der Waals surface area contributed by atoms with Crippen molar-refractivity contribution >= 4 is 28.3 Å². The fourth-order valence-corrected chi connectivity index (χ4v) is 3.21. The normalized spacial score (nSPS) is 10.7. The number of nitro groups is 1. The first-order valence-corrected chi connectivity index (χ1v) is 9.22. The first-order chi connectivity index (χ1) is 14.9. The van der Waals surface area contributed by atoms with Crippen molar-refractivity contribution in [2.45, 2.75) is 6.54 Å². The number of pyridine rings is 2. The maximum absolute atomic E-state index is 13.6. The minimum Gasteiger partial charge on any atom is -0.322 e. The van der Waals surface area contributed by atoms with Crippen LogP contribution in [-0.4, -0.2) is 20.4 Å². The quantitative estimate of drug-likeness (QED) is 0.392. The molecule has 2 aromatic carbocycles. The van der Waals surface area contributed by atoms with Crippen LogP contribution in [0, 0.1) is 15.9 Å². The van der Waals surface area contributed by atoms with Gasteiger partial charge in [-0.3, -0.25) is 24.3 Å². The Morgan fingerprint density at radius 3 is 2.61 bits per heavy atom. The Bertz CT molecular complexity index is 1370. The van der Waals surface area contributed by atoms with Crippen molar-refractivity contribution in [1.29, 1.82) is 0 Å². The van der Waals surface area contributed by atoms with E-state index in [1.54, 1.807) is 18.3 Å². The predicted octanol–water partition coefficient (Wildman–Crippen LogP) is 3.74. The molecule has 8 nitrogen and oxygen atoms in total. The van der Waals surface area contributed by atoms with Crippen molar-refractivity contribution in [1.82, 2.24) is 9.55 Å². The lowest BCUT2D eigenvalue weighted by Gasteiger charge is -2.12. The molecule has 0 aliphatic rings. The highest BCUT2D eigenvalue weighted by atomic mass is 19.1. The lowest BCUT2D eigenvalue weighted by atomic mass is 10.1. The van der Waals surface area contributed by atoms with Crippen LogP contribution in [-0.2, 0) is 6.54 Å². The average Bonchev–Trinajstić information content (AvgIpc) is 2.77. The summed E-state index contributed by atoms with van der Waals surface area (Å²) < 4.78 is 15.0. The third-order valence-corrected chi connectivity index (χ3v) is 4.68. The number of fused-ring (bicyclic) bond motifs is 1. The Morgan fingerprint density at radius 2 is 1.87 bits per heavy atom. The van der Waals surface area contributed by atoms with E-state index in [4.69, 9.17) is 0 Å². The summed E-state index contributed by atoms with van der Waals surface area (Å²) in [6.45, 7) is 0.205. The lowest BCUT2D eigenvalue weighted by Crippen LogP contribution is -2.30. The van der Waals surface area contributed by atoms with E-state index in [0.29, 0.717) is 11.0 Å². The van der Waals surface area contributed by atoms with E-state index in [-0.39, 0.29) is 17.8 Å². The molecule has 0 aliphatic heterocycles. The zero-order valence-corrected chi connectivity index (χ0v) is 16.0. The smallest absolute Gasteiger partial charge is 0.306 e. The predicted molar refractivity (Wildman–Crippen MR) is 113 cm³/mol. The summed E-state index contributed by atoms with van der Waals surface area (Å²) in [5, 5.41) is 14.0. The first kappa shape index (κ1) is 19.9. The Hall–Kier alpha value is -4.40. The highest BCUT2D eigenvalue weighted by molar-refractivity contribution is 6.05. The van der Waals surface area contributed by atoms with Gasteiger partial charge < -0.3 is 5.32 Å². The number of nitrogens with zero attached hydrogens (tertiary/aromatic N) is 3. The van der Waals surface area contributed by atoms with Crippen LogP contribution in [0.25, 0.3) is 11.0 Å². The average molecular weight is 418 g/mol. The van der Waals surface area contributed by atoms with Crippen molar-refractivity contribution in [2.75, 3.05) is 5.32 Å². The molecule has 9 heteroatoms. The standard InChI is InChI=1S/C22H15FN4O4/c23-18-9-8-16(12-19(18)27(30)31)25-21(28)17-11-15-7-4-10-24-20(15)26(22(17)29)13-14-5-2-1-3-6-14/h1-12H,13H2,(H,25,28). The topological polar surface area (TPSA) is 107 Å². The van der Waals surface area contributed by atoms with E-state index in [2.05, 4.69) is 10.3 Å². The summed E-state index contributed by atoms with van der Waals surface area (Å²) in [6.07, 6.45) is 1.56. The molecule has 4 aromatic rings. The van der Waals surface area contributed by atoms with E-state index >= 15 is 0 Å². The van der Waals surface area contributed by atoms with Crippen LogP contribution in [0.3, 0.4) is 0 Å². The maximum atomic E-state index is 13.6. The second-order valence-corrected chi connectivity index (χ2v) is 6.73. The largest absolute Gasteiger partial charge is 0.322 e. The Kier molecular flexibility index (Phi) is 5.23. The number of halogens is 1. The van der Waals surface area contributed by atoms with E-state index in [1.807, 2.05) is 30.3 Å². The van der Waals surface area contributed by atoms with Crippen LogP contribution < -0.4 is 10.9 Å². The molecule has 154 valence electrons. The van der Waals surface area contributed by atoms with Gasteiger partial charge in [-0.15, -0.1) is 0 Å². The van der Waals surface area contributed by atoms with Gasteiger partial charge in [-0.25, -0.2) is 4.98 Å². The number of rotatable bonds is 5. The van der Waals surface area contributed by atoms with Gasteiger partial charge in [-0.1, -0.05) is 30.3 Å². The van der Waals surface area contributed by atoms with Gasteiger partial charge in [-0.05, 0) is 35.9 Å². The molecule has 0 bridgehead atoms. The van der Waals surface area contributed by atoms with E-state index in [1.165, 1.54) is 16.7 Å². The highest BCUT2D eigenvalue weighted by Gasteiger charge is 2.19. The third kappa shape index (κ3) is 4.01. The fourth-order valence-electron chi connectivity index (χ4n) is 3.21. The van der Waals surface area contributed by atoms with Gasteiger partial charge in [0.1, 0.15) is 11.2 Å². The molecule has 0 radical (unpaired) electrons. The number of nitrogens with one attached hydrogen (secondary N) is 1. The molecule has 31 heavy (non-hydrogen) atoms. The summed E-state index contributed by atoms with van der Waals surface area (Å²) in [6, 6.07) is 17.0. The summed E-state index contributed by atoms with van der Waals surface area (Å²) in [5.41, 5.74) is -0.235. The van der Waals surface area contributed by atoms with Crippen LogP contribution >= 0.6 is 0 Å². The molecule has 0 saturated heterocycles. The molecular weight excluding hydrogens is 403 g/mol. The number of benzene rings is 2. The Morgan fingerprint density at radius 1 is 1.10 bits per heavy atom. The van der Waals surface area contributed by atoms with Crippen molar-refractivity contribution < 1.29 is 14.1 Å². The second-order valence-electron chi connectivity index (χ2n) is 6.73. The van der Waals surface area contributed by atoms with Crippen molar-refractivity contribution in [3.63, 3.8) is 0 Å². The number of aromatic nitrogens is 2. The third-order valence-electron chi connectivity index (χ3n) is 4.68. The second kappa shape index (κ2) is 8.15. The van der Waals surface area contributed by atoms with Gasteiger partial charge >= 0.3 is 5.69 Å². The molecule has 0 spiro atoms.